The lowest BCUT2D eigenvalue weighted by Crippen LogP contribution is -2.07. The molecule has 1 aliphatic carbocycles. The molecule has 2 nitrogen and oxygen atoms in total. The van der Waals surface area contributed by atoms with Crippen molar-refractivity contribution >= 4 is 46.5 Å². The molecule has 0 fully saturated rings. The lowest BCUT2D eigenvalue weighted by molar-refractivity contribution is -0.110. The zero-order chi connectivity index (χ0) is 8.43. The monoisotopic (exact) mass is 209 g/mol. The minimum atomic E-state index is -0.333. The molecule has 0 aromatic rings. The molecule has 58 valence electrons. The van der Waals surface area contributed by atoms with Crippen molar-refractivity contribution in [2.75, 3.05) is 0 Å². The van der Waals surface area contributed by atoms with E-state index in [0.29, 0.717) is 5.71 Å². The summed E-state index contributed by atoms with van der Waals surface area (Å²) in [5.74, 6) is -0.333. The molecule has 0 radical (unpaired) electrons. The Kier molecular flexibility index (Phi) is 2.71. The second kappa shape index (κ2) is 3.39. The predicted octanol–water partition coefficient (Wildman–Crippen LogP) is 2.41. The van der Waals surface area contributed by atoms with Crippen LogP contribution < -0.4 is 0 Å². The van der Waals surface area contributed by atoms with Crippen LogP contribution in [0, 0.1) is 0 Å². The number of ketones is 1. The van der Waals surface area contributed by atoms with E-state index in [0.717, 1.165) is 0 Å². The van der Waals surface area contributed by atoms with Crippen molar-refractivity contribution in [2.45, 2.75) is 0 Å². The van der Waals surface area contributed by atoms with Gasteiger partial charge in [0.15, 0.2) is 5.78 Å². The van der Waals surface area contributed by atoms with Gasteiger partial charge in [0, 0.05) is 11.8 Å². The van der Waals surface area contributed by atoms with Crippen LogP contribution in [-0.4, -0.2) is 11.5 Å². The fourth-order valence-electron chi connectivity index (χ4n) is 0.587. The summed E-state index contributed by atoms with van der Waals surface area (Å²) in [6, 6.07) is 0. The first kappa shape index (κ1) is 8.78. The van der Waals surface area contributed by atoms with Crippen molar-refractivity contribution in [2.24, 2.45) is 4.51 Å². The zero-order valence-corrected chi connectivity index (χ0v) is 7.41. The fraction of sp³-hybridized carbons (Fsp3) is 0. The van der Waals surface area contributed by atoms with E-state index in [1.54, 1.807) is 0 Å². The minimum Gasteiger partial charge on any atom is -0.288 e. The van der Waals surface area contributed by atoms with Crippen LogP contribution in [0.15, 0.2) is 26.7 Å². The average Bonchev–Trinajstić information content (AvgIpc) is 2.01. The summed E-state index contributed by atoms with van der Waals surface area (Å²) < 4.78 is 3.29. The second-order valence-corrected chi connectivity index (χ2v) is 2.72. The van der Waals surface area contributed by atoms with Gasteiger partial charge in [0.25, 0.3) is 0 Å². The van der Waals surface area contributed by atoms with Crippen LogP contribution in [0.5, 0.6) is 0 Å². The van der Waals surface area contributed by atoms with E-state index in [4.69, 9.17) is 35.0 Å². The van der Waals surface area contributed by atoms with E-state index in [1.807, 2.05) is 0 Å². The van der Waals surface area contributed by atoms with Gasteiger partial charge in [-0.1, -0.05) is 23.2 Å². The van der Waals surface area contributed by atoms with Crippen LogP contribution in [0.3, 0.4) is 0 Å². The smallest absolute Gasteiger partial charge is 0.198 e. The number of rotatable bonds is 0. The largest absolute Gasteiger partial charge is 0.288 e. The summed E-state index contributed by atoms with van der Waals surface area (Å²) in [5.41, 5.74) is 0.304. The maximum atomic E-state index is 10.8. The Morgan fingerprint density at radius 2 is 1.82 bits per heavy atom. The summed E-state index contributed by atoms with van der Waals surface area (Å²) in [6.07, 6.45) is 2.67. The molecule has 0 saturated heterocycles. The molecule has 5 heteroatoms. The predicted molar refractivity (Wildman–Crippen MR) is 46.2 cm³/mol. The Hall–Kier alpha value is -0.310. The molecule has 0 aromatic heterocycles. The highest BCUT2D eigenvalue weighted by Crippen LogP contribution is 2.22. The molecule has 0 heterocycles. The molecular formula is C6H2Cl3NO. The van der Waals surface area contributed by atoms with Gasteiger partial charge in [-0.05, 0) is 12.2 Å². The third-order valence-electron chi connectivity index (χ3n) is 1.12. The highest BCUT2D eigenvalue weighted by atomic mass is 35.5. The second-order valence-electron chi connectivity index (χ2n) is 1.80. The average molecular weight is 210 g/mol. The molecule has 0 saturated carbocycles. The van der Waals surface area contributed by atoms with Crippen LogP contribution in [0.2, 0.25) is 0 Å². The van der Waals surface area contributed by atoms with Crippen molar-refractivity contribution in [1.29, 1.82) is 0 Å². The molecule has 0 unspecified atom stereocenters. The van der Waals surface area contributed by atoms with Crippen molar-refractivity contribution < 1.29 is 4.79 Å². The summed E-state index contributed by atoms with van der Waals surface area (Å²) in [5, 5.41) is 0.0442. The Labute approximate surface area is 78.3 Å². The van der Waals surface area contributed by atoms with Crippen molar-refractivity contribution in [3.63, 3.8) is 0 Å². The number of carbonyl (C=O) groups excluding carboxylic acids is 1. The number of carbonyl (C=O) groups is 1. The van der Waals surface area contributed by atoms with Crippen LogP contribution in [0.25, 0.3) is 0 Å². The van der Waals surface area contributed by atoms with Gasteiger partial charge in [-0.3, -0.25) is 4.79 Å². The molecule has 0 aromatic carbocycles. The molecule has 1 aliphatic rings. The number of hydrogen-bond acceptors (Lipinski definition) is 2. The number of halogens is 3. The van der Waals surface area contributed by atoms with Crippen molar-refractivity contribution in [3.05, 3.63) is 22.2 Å². The van der Waals surface area contributed by atoms with Gasteiger partial charge < -0.3 is 0 Å². The maximum Gasteiger partial charge on any atom is 0.198 e. The Balaban J connectivity index is 3.14. The Morgan fingerprint density at radius 1 is 1.18 bits per heavy atom. The Bertz CT molecular complexity index is 290. The quantitative estimate of drug-likeness (QED) is 0.565. The van der Waals surface area contributed by atoms with Crippen LogP contribution in [0.4, 0.5) is 0 Å². The highest BCUT2D eigenvalue weighted by molar-refractivity contribution is 6.59. The molecule has 0 bridgehead atoms. The first-order valence-electron chi connectivity index (χ1n) is 2.64. The molecule has 0 aliphatic heterocycles. The van der Waals surface area contributed by atoms with Crippen LogP contribution in [0.1, 0.15) is 0 Å². The third kappa shape index (κ3) is 1.64. The van der Waals surface area contributed by atoms with E-state index < -0.39 is 0 Å². The van der Waals surface area contributed by atoms with E-state index >= 15 is 0 Å². The molecule has 0 spiro atoms. The summed E-state index contributed by atoms with van der Waals surface area (Å²) in [7, 11) is 0. The van der Waals surface area contributed by atoms with Crippen LogP contribution >= 0.6 is 35.0 Å². The number of allylic oxidation sites excluding steroid dienone is 4. The standard InChI is InChI=1S/C6H2Cl3NO/c7-5-3(10-9)1-2-4(11)6(5)8/h1-2H. The molecule has 0 N–H and O–H groups in total. The molecular weight excluding hydrogens is 208 g/mol. The van der Waals surface area contributed by atoms with Gasteiger partial charge in [-0.25, -0.2) is 0 Å². The van der Waals surface area contributed by atoms with Crippen molar-refractivity contribution in [3.8, 4) is 0 Å². The van der Waals surface area contributed by atoms with Gasteiger partial charge in [0.2, 0.25) is 0 Å². The first-order chi connectivity index (χ1) is 5.16. The third-order valence-corrected chi connectivity index (χ3v) is 2.15. The SMILES string of the molecule is O=C1C=CC(=NCl)C(Cl)=C1Cl. The van der Waals surface area contributed by atoms with E-state index in [2.05, 4.69) is 4.51 Å². The van der Waals surface area contributed by atoms with Gasteiger partial charge >= 0.3 is 0 Å². The lowest BCUT2D eigenvalue weighted by atomic mass is 10.1. The summed E-state index contributed by atoms with van der Waals surface area (Å²) >= 11 is 16.2. The maximum absolute atomic E-state index is 10.8. The summed E-state index contributed by atoms with van der Waals surface area (Å²) in [6.45, 7) is 0. The number of nitrogens with zero attached hydrogens (tertiary/aromatic N) is 1. The zero-order valence-electron chi connectivity index (χ0n) is 5.14. The van der Waals surface area contributed by atoms with Gasteiger partial charge in [0.05, 0.1) is 10.7 Å². The minimum absolute atomic E-state index is 0.0476. The normalized spacial score (nSPS) is 21.7. The van der Waals surface area contributed by atoms with Crippen LogP contribution in [-0.2, 0) is 4.79 Å². The molecule has 11 heavy (non-hydrogen) atoms. The first-order valence-corrected chi connectivity index (χ1v) is 3.73. The van der Waals surface area contributed by atoms with Gasteiger partial charge in [-0.15, -0.1) is 0 Å². The van der Waals surface area contributed by atoms with Crippen molar-refractivity contribution in [1.82, 2.24) is 0 Å². The lowest BCUT2D eigenvalue weighted by Gasteiger charge is -2.04. The summed E-state index contributed by atoms with van der Waals surface area (Å²) in [4.78, 5) is 10.8. The fourth-order valence-corrected chi connectivity index (χ4v) is 1.13. The molecule has 0 atom stereocenters. The Morgan fingerprint density at radius 3 is 2.36 bits per heavy atom. The van der Waals surface area contributed by atoms with E-state index in [-0.39, 0.29) is 15.8 Å². The molecule has 1 rings (SSSR count). The van der Waals surface area contributed by atoms with E-state index in [9.17, 15) is 4.79 Å². The van der Waals surface area contributed by atoms with E-state index in [1.165, 1.54) is 12.2 Å². The highest BCUT2D eigenvalue weighted by Gasteiger charge is 2.17. The van der Waals surface area contributed by atoms with Gasteiger partial charge in [-0.2, -0.15) is 4.51 Å². The number of hydrogen-bond donors (Lipinski definition) is 0. The molecule has 0 amide bonds. The van der Waals surface area contributed by atoms with Gasteiger partial charge in [0.1, 0.15) is 5.03 Å². The topological polar surface area (TPSA) is 29.4 Å².